The van der Waals surface area contributed by atoms with Crippen molar-refractivity contribution in [3.8, 4) is 5.75 Å². The molecular formula is C38H27Cl2N3O4S2. The summed E-state index contributed by atoms with van der Waals surface area (Å²) in [5, 5.41) is 23.3. The number of aromatic nitrogens is 2. The maximum Gasteiger partial charge on any atom is 0.301 e. The Morgan fingerprint density at radius 3 is 2.47 bits per heavy atom. The van der Waals surface area contributed by atoms with Crippen molar-refractivity contribution in [2.75, 3.05) is 4.90 Å². The molecule has 1 aliphatic heterocycles. The van der Waals surface area contributed by atoms with Crippen molar-refractivity contribution in [3.63, 3.8) is 0 Å². The number of nitrogens with zero attached hydrogens (tertiary/aromatic N) is 3. The molecule has 244 valence electrons. The highest BCUT2D eigenvalue weighted by atomic mass is 35.5. The van der Waals surface area contributed by atoms with E-state index in [0.29, 0.717) is 38.6 Å². The summed E-state index contributed by atoms with van der Waals surface area (Å²) in [6, 6.07) is 32.9. The van der Waals surface area contributed by atoms with Crippen LogP contribution in [0.15, 0.2) is 119 Å². The molecule has 0 radical (unpaired) electrons. The van der Waals surface area contributed by atoms with Gasteiger partial charge in [-0.15, -0.1) is 10.2 Å². The van der Waals surface area contributed by atoms with E-state index in [0.717, 1.165) is 27.5 Å². The average molecular weight is 725 g/mol. The number of thioether (sulfide) groups is 1. The molecule has 1 aliphatic rings. The molecule has 1 saturated heterocycles. The third-order valence-electron chi connectivity index (χ3n) is 8.15. The Hall–Kier alpha value is -4.67. The van der Waals surface area contributed by atoms with E-state index in [1.165, 1.54) is 28.0 Å². The van der Waals surface area contributed by atoms with Crippen LogP contribution in [0.25, 0.3) is 16.5 Å². The fourth-order valence-corrected chi connectivity index (χ4v) is 7.95. The Bertz CT molecular complexity index is 2250. The van der Waals surface area contributed by atoms with Crippen LogP contribution in [0.3, 0.4) is 0 Å². The van der Waals surface area contributed by atoms with E-state index < -0.39 is 17.7 Å². The quantitative estimate of drug-likeness (QED) is 0.0522. The van der Waals surface area contributed by atoms with Crippen LogP contribution >= 0.6 is 46.3 Å². The molecule has 0 aliphatic carbocycles. The molecule has 1 fully saturated rings. The molecule has 1 N–H and O–H groups in total. The summed E-state index contributed by atoms with van der Waals surface area (Å²) < 4.78 is 6.56. The number of ketones is 1. The summed E-state index contributed by atoms with van der Waals surface area (Å²) in [4.78, 5) is 28.7. The van der Waals surface area contributed by atoms with Gasteiger partial charge in [-0.3, -0.25) is 14.5 Å². The molecule has 6 aromatic rings. The van der Waals surface area contributed by atoms with E-state index in [2.05, 4.69) is 34.5 Å². The van der Waals surface area contributed by atoms with Crippen LogP contribution in [-0.2, 0) is 21.9 Å². The minimum absolute atomic E-state index is 0.100. The van der Waals surface area contributed by atoms with E-state index >= 15 is 0 Å². The molecule has 1 atom stereocenters. The van der Waals surface area contributed by atoms with Crippen molar-refractivity contribution in [3.05, 3.63) is 153 Å². The first-order valence-electron chi connectivity index (χ1n) is 15.2. The molecule has 2 heterocycles. The van der Waals surface area contributed by atoms with Gasteiger partial charge < -0.3 is 9.84 Å². The molecule has 7 nitrogen and oxygen atoms in total. The highest BCUT2D eigenvalue weighted by molar-refractivity contribution is 8.00. The van der Waals surface area contributed by atoms with Gasteiger partial charge >= 0.3 is 5.91 Å². The van der Waals surface area contributed by atoms with Gasteiger partial charge in [0.25, 0.3) is 5.78 Å². The predicted octanol–water partition coefficient (Wildman–Crippen LogP) is 9.80. The van der Waals surface area contributed by atoms with Crippen LogP contribution in [0.2, 0.25) is 10.0 Å². The number of aliphatic hydroxyl groups excluding tert-OH is 1. The second kappa shape index (κ2) is 14.1. The largest absolute Gasteiger partial charge is 0.507 e. The van der Waals surface area contributed by atoms with Gasteiger partial charge in [-0.2, -0.15) is 0 Å². The number of amides is 1. The number of anilines is 1. The highest BCUT2D eigenvalue weighted by Crippen LogP contribution is 2.45. The number of ether oxygens (including phenoxy) is 1. The Balaban J connectivity index is 1.19. The van der Waals surface area contributed by atoms with Gasteiger partial charge in [0.15, 0.2) is 4.34 Å². The topological polar surface area (TPSA) is 92.6 Å². The normalized spacial score (nSPS) is 15.7. The number of carbonyl (C=O) groups excluding carboxylic acids is 2. The fraction of sp³-hybridized carbons (Fsp3) is 0.105. The number of aliphatic hydroxyl groups is 1. The molecule has 49 heavy (non-hydrogen) atoms. The summed E-state index contributed by atoms with van der Waals surface area (Å²) >= 11 is 15.3. The molecule has 0 spiro atoms. The standard InChI is InChI=1S/C38H27Cl2N3O4S2/c1-22-6-4-7-23(18-22)20-47-28-15-12-25(13-16-28)34(44)32-33(26-14-17-30(39)31(40)19-26)43(36(46)35(32)45)37-41-42-38(49-37)48-21-27-10-5-9-24-8-2-3-11-29(24)27/h2-19,33,44H,20-21H2,1H3. The fourth-order valence-electron chi connectivity index (χ4n) is 5.78. The molecule has 11 heteroatoms. The third-order valence-corrected chi connectivity index (χ3v) is 11.0. The predicted molar refractivity (Wildman–Crippen MR) is 197 cm³/mol. The third kappa shape index (κ3) is 6.80. The van der Waals surface area contributed by atoms with Gasteiger partial charge in [0.2, 0.25) is 5.13 Å². The zero-order valence-electron chi connectivity index (χ0n) is 26.0. The number of carbonyl (C=O) groups is 2. The molecule has 1 aromatic heterocycles. The van der Waals surface area contributed by atoms with Gasteiger partial charge in [0, 0.05) is 11.3 Å². The number of hydrogen-bond donors (Lipinski definition) is 1. The van der Waals surface area contributed by atoms with Crippen LogP contribution in [0.4, 0.5) is 5.13 Å². The van der Waals surface area contributed by atoms with E-state index in [-0.39, 0.29) is 21.5 Å². The second-order valence-corrected chi connectivity index (χ2v) is 14.4. The van der Waals surface area contributed by atoms with Gasteiger partial charge in [-0.05, 0) is 70.8 Å². The monoisotopic (exact) mass is 723 g/mol. The molecule has 5 aromatic carbocycles. The first-order valence-corrected chi connectivity index (χ1v) is 17.8. The smallest absolute Gasteiger partial charge is 0.301 e. The van der Waals surface area contributed by atoms with Crippen molar-refractivity contribution in [2.24, 2.45) is 0 Å². The van der Waals surface area contributed by atoms with Crippen molar-refractivity contribution >= 4 is 79.7 Å². The zero-order valence-corrected chi connectivity index (χ0v) is 29.1. The lowest BCUT2D eigenvalue weighted by Crippen LogP contribution is -2.29. The van der Waals surface area contributed by atoms with Crippen LogP contribution in [0, 0.1) is 6.92 Å². The molecule has 0 saturated carbocycles. The van der Waals surface area contributed by atoms with Gasteiger partial charge in [0.1, 0.15) is 18.1 Å². The van der Waals surface area contributed by atoms with Crippen molar-refractivity contribution < 1.29 is 19.4 Å². The van der Waals surface area contributed by atoms with Crippen LogP contribution < -0.4 is 9.64 Å². The van der Waals surface area contributed by atoms with E-state index in [4.69, 9.17) is 27.9 Å². The first-order chi connectivity index (χ1) is 23.8. The Kier molecular flexibility index (Phi) is 9.42. The van der Waals surface area contributed by atoms with Crippen LogP contribution in [0.5, 0.6) is 5.75 Å². The number of Topliss-reactive ketones (excluding diaryl/α,β-unsaturated/α-hetero) is 1. The van der Waals surface area contributed by atoms with E-state index in [1.54, 1.807) is 42.5 Å². The molecular weight excluding hydrogens is 697 g/mol. The summed E-state index contributed by atoms with van der Waals surface area (Å²) in [6.45, 7) is 2.39. The number of halogens is 2. The summed E-state index contributed by atoms with van der Waals surface area (Å²) in [5.74, 6) is -0.805. The highest BCUT2D eigenvalue weighted by Gasteiger charge is 2.48. The number of hydrogen-bond acceptors (Lipinski definition) is 8. The lowest BCUT2D eigenvalue weighted by molar-refractivity contribution is -0.132. The van der Waals surface area contributed by atoms with Gasteiger partial charge in [0.05, 0.1) is 21.7 Å². The Morgan fingerprint density at radius 2 is 1.67 bits per heavy atom. The van der Waals surface area contributed by atoms with E-state index in [9.17, 15) is 14.7 Å². The SMILES string of the molecule is Cc1cccc(COc2ccc(C(O)=C3C(=O)C(=O)N(c4nnc(SCc5cccc6ccccc56)s4)C3c3ccc(Cl)c(Cl)c3)cc2)c1. The minimum atomic E-state index is -1.03. The number of benzene rings is 5. The molecule has 7 rings (SSSR count). The molecule has 0 bridgehead atoms. The number of aryl methyl sites for hydroxylation is 1. The maximum atomic E-state index is 13.7. The van der Waals surface area contributed by atoms with Crippen LogP contribution in [0.1, 0.15) is 33.9 Å². The Labute approximate surface area is 300 Å². The van der Waals surface area contributed by atoms with E-state index in [1.807, 2.05) is 49.4 Å². The van der Waals surface area contributed by atoms with Crippen molar-refractivity contribution in [2.45, 2.75) is 29.7 Å². The Morgan fingerprint density at radius 1 is 0.898 bits per heavy atom. The zero-order chi connectivity index (χ0) is 34.1. The first kappa shape index (κ1) is 32.9. The summed E-state index contributed by atoms with van der Waals surface area (Å²) in [5.41, 5.74) is 4.03. The second-order valence-electron chi connectivity index (χ2n) is 11.4. The average Bonchev–Trinajstić information content (AvgIpc) is 3.69. The van der Waals surface area contributed by atoms with Gasteiger partial charge in [-0.25, -0.2) is 0 Å². The summed E-state index contributed by atoms with van der Waals surface area (Å²) in [6.07, 6.45) is 0. The minimum Gasteiger partial charge on any atom is -0.507 e. The lowest BCUT2D eigenvalue weighted by atomic mass is 9.95. The molecule has 1 unspecified atom stereocenters. The van der Waals surface area contributed by atoms with Crippen molar-refractivity contribution in [1.29, 1.82) is 0 Å². The lowest BCUT2D eigenvalue weighted by Gasteiger charge is -2.23. The number of rotatable bonds is 9. The van der Waals surface area contributed by atoms with Gasteiger partial charge in [-0.1, -0.05) is 125 Å². The maximum absolute atomic E-state index is 13.7. The van der Waals surface area contributed by atoms with Crippen molar-refractivity contribution in [1.82, 2.24) is 10.2 Å². The molecule has 1 amide bonds. The number of fused-ring (bicyclic) bond motifs is 1. The summed E-state index contributed by atoms with van der Waals surface area (Å²) in [7, 11) is 0. The van der Waals surface area contributed by atoms with Crippen LogP contribution in [-0.4, -0.2) is 27.0 Å².